The number of ether oxygens (including phenoxy) is 1. The van der Waals surface area contributed by atoms with E-state index in [1.54, 1.807) is 6.92 Å². The molecule has 3 N–H and O–H groups in total. The standard InChI is InChI=1S/C10H16N4O3/c1-6(11)10(15)13-7-2-3-8(16-4-7)9-12-5-17-14-9/h5-8H,2-4,11H2,1H3,(H,13,15)/t6-,7-,8+/m1/s1. The zero-order valence-electron chi connectivity index (χ0n) is 9.63. The van der Waals surface area contributed by atoms with Gasteiger partial charge in [0.1, 0.15) is 6.10 Å². The largest absolute Gasteiger partial charge is 0.368 e. The molecule has 1 saturated heterocycles. The number of hydrogen-bond donors (Lipinski definition) is 2. The molecule has 0 aliphatic carbocycles. The smallest absolute Gasteiger partial charge is 0.236 e. The van der Waals surface area contributed by atoms with E-state index in [0.717, 1.165) is 12.8 Å². The minimum atomic E-state index is -0.495. The van der Waals surface area contributed by atoms with Crippen LogP contribution in [-0.2, 0) is 9.53 Å². The van der Waals surface area contributed by atoms with Crippen LogP contribution in [0.2, 0.25) is 0 Å². The molecule has 0 spiro atoms. The number of rotatable bonds is 3. The van der Waals surface area contributed by atoms with Gasteiger partial charge in [0.25, 0.3) is 0 Å². The second-order valence-corrected chi connectivity index (χ2v) is 4.18. The van der Waals surface area contributed by atoms with E-state index in [4.69, 9.17) is 10.5 Å². The molecule has 2 rings (SSSR count). The summed E-state index contributed by atoms with van der Waals surface area (Å²) in [6, 6.07) is -0.485. The van der Waals surface area contributed by atoms with Crippen molar-refractivity contribution in [3.63, 3.8) is 0 Å². The lowest BCUT2D eigenvalue weighted by Crippen LogP contribution is -2.47. The highest BCUT2D eigenvalue weighted by molar-refractivity contribution is 5.81. The van der Waals surface area contributed by atoms with Crippen LogP contribution in [0.25, 0.3) is 0 Å². The fraction of sp³-hybridized carbons (Fsp3) is 0.700. The Morgan fingerprint density at radius 3 is 3.00 bits per heavy atom. The summed E-state index contributed by atoms with van der Waals surface area (Å²) >= 11 is 0. The van der Waals surface area contributed by atoms with Crippen molar-refractivity contribution < 1.29 is 14.1 Å². The van der Waals surface area contributed by atoms with Gasteiger partial charge in [0.2, 0.25) is 12.3 Å². The van der Waals surface area contributed by atoms with Crippen LogP contribution in [0.3, 0.4) is 0 Å². The summed E-state index contributed by atoms with van der Waals surface area (Å²) in [6.07, 6.45) is 2.71. The molecule has 1 aliphatic rings. The zero-order chi connectivity index (χ0) is 12.3. The second kappa shape index (κ2) is 5.24. The molecular weight excluding hydrogens is 224 g/mol. The second-order valence-electron chi connectivity index (χ2n) is 4.18. The lowest BCUT2D eigenvalue weighted by molar-refractivity contribution is -0.124. The van der Waals surface area contributed by atoms with E-state index in [-0.39, 0.29) is 18.1 Å². The van der Waals surface area contributed by atoms with E-state index in [1.165, 1.54) is 6.39 Å². The van der Waals surface area contributed by atoms with Crippen LogP contribution in [0.4, 0.5) is 0 Å². The van der Waals surface area contributed by atoms with Gasteiger partial charge in [0, 0.05) is 0 Å². The lowest BCUT2D eigenvalue weighted by atomic mass is 10.0. The Kier molecular flexibility index (Phi) is 3.70. The number of nitrogens with two attached hydrogens (primary N) is 1. The van der Waals surface area contributed by atoms with Crippen molar-refractivity contribution >= 4 is 5.91 Å². The Morgan fingerprint density at radius 1 is 1.65 bits per heavy atom. The number of carbonyl (C=O) groups excluding carboxylic acids is 1. The molecule has 94 valence electrons. The van der Waals surface area contributed by atoms with Crippen LogP contribution in [-0.4, -0.2) is 34.7 Å². The van der Waals surface area contributed by atoms with Gasteiger partial charge >= 0.3 is 0 Å². The van der Waals surface area contributed by atoms with Crippen LogP contribution >= 0.6 is 0 Å². The summed E-state index contributed by atoms with van der Waals surface area (Å²) in [6.45, 7) is 2.10. The van der Waals surface area contributed by atoms with Gasteiger partial charge in [0.15, 0.2) is 5.82 Å². The number of hydrogen-bond acceptors (Lipinski definition) is 6. The summed E-state index contributed by atoms with van der Waals surface area (Å²) in [4.78, 5) is 15.3. The predicted octanol–water partition coefficient (Wildman–Crippen LogP) is -0.247. The van der Waals surface area contributed by atoms with Crippen LogP contribution in [0, 0.1) is 0 Å². The van der Waals surface area contributed by atoms with Crippen LogP contribution in [0.15, 0.2) is 10.9 Å². The maximum Gasteiger partial charge on any atom is 0.236 e. The molecule has 0 radical (unpaired) electrons. The Balaban J connectivity index is 1.80. The van der Waals surface area contributed by atoms with E-state index < -0.39 is 6.04 Å². The Morgan fingerprint density at radius 2 is 2.47 bits per heavy atom. The van der Waals surface area contributed by atoms with Crippen molar-refractivity contribution in [3.05, 3.63) is 12.2 Å². The lowest BCUT2D eigenvalue weighted by Gasteiger charge is -2.28. The van der Waals surface area contributed by atoms with Crippen LogP contribution in [0.1, 0.15) is 31.7 Å². The SMILES string of the molecule is C[C@@H](N)C(=O)N[C@@H]1CC[C@@H](c2ncon2)OC1. The Labute approximate surface area is 98.7 Å². The first-order valence-corrected chi connectivity index (χ1v) is 5.60. The highest BCUT2D eigenvalue weighted by Gasteiger charge is 2.26. The summed E-state index contributed by atoms with van der Waals surface area (Å²) in [5.41, 5.74) is 5.47. The number of nitrogens with one attached hydrogen (secondary N) is 1. The van der Waals surface area contributed by atoms with Gasteiger partial charge in [-0.3, -0.25) is 4.79 Å². The first-order chi connectivity index (χ1) is 8.16. The third kappa shape index (κ3) is 3.01. The van der Waals surface area contributed by atoms with Gasteiger partial charge in [0.05, 0.1) is 18.7 Å². The molecule has 3 atom stereocenters. The summed E-state index contributed by atoms with van der Waals surface area (Å²) in [5, 5.41) is 6.57. The minimum absolute atomic E-state index is 0.0108. The predicted molar refractivity (Wildman–Crippen MR) is 57.8 cm³/mol. The van der Waals surface area contributed by atoms with Crippen molar-refractivity contribution in [3.8, 4) is 0 Å². The van der Waals surface area contributed by atoms with Gasteiger partial charge in [-0.25, -0.2) is 0 Å². The van der Waals surface area contributed by atoms with E-state index in [9.17, 15) is 4.79 Å². The van der Waals surface area contributed by atoms with Gasteiger partial charge < -0.3 is 20.3 Å². The van der Waals surface area contributed by atoms with Gasteiger partial charge in [-0.15, -0.1) is 0 Å². The van der Waals surface area contributed by atoms with E-state index in [0.29, 0.717) is 12.4 Å². The van der Waals surface area contributed by atoms with Crippen molar-refractivity contribution in [2.45, 2.75) is 38.0 Å². The maximum atomic E-state index is 11.4. The van der Waals surface area contributed by atoms with Crippen molar-refractivity contribution in [2.24, 2.45) is 5.73 Å². The molecule has 0 saturated carbocycles. The summed E-state index contributed by atoms with van der Waals surface area (Å²) < 4.78 is 10.2. The Bertz CT molecular complexity index is 358. The molecule has 1 aliphatic heterocycles. The number of carbonyl (C=O) groups is 1. The quantitative estimate of drug-likeness (QED) is 0.755. The average Bonchev–Trinajstić information content (AvgIpc) is 2.83. The highest BCUT2D eigenvalue weighted by atomic mass is 16.5. The summed E-state index contributed by atoms with van der Waals surface area (Å²) in [7, 11) is 0. The topological polar surface area (TPSA) is 103 Å². The molecule has 0 unspecified atom stereocenters. The molecular formula is C10H16N4O3. The molecule has 0 bridgehead atoms. The van der Waals surface area contributed by atoms with Crippen LogP contribution < -0.4 is 11.1 Å². The Hall–Kier alpha value is -1.47. The van der Waals surface area contributed by atoms with Gasteiger partial charge in [-0.05, 0) is 19.8 Å². The molecule has 1 amide bonds. The molecule has 0 aromatic carbocycles. The number of aromatic nitrogens is 2. The van der Waals surface area contributed by atoms with E-state index in [1.807, 2.05) is 0 Å². The number of nitrogens with zero attached hydrogens (tertiary/aromatic N) is 2. The normalized spacial score (nSPS) is 26.5. The minimum Gasteiger partial charge on any atom is -0.368 e. The van der Waals surface area contributed by atoms with E-state index in [2.05, 4.69) is 20.0 Å². The van der Waals surface area contributed by atoms with Gasteiger partial charge in [-0.1, -0.05) is 5.16 Å². The van der Waals surface area contributed by atoms with Gasteiger partial charge in [-0.2, -0.15) is 4.98 Å². The molecule has 17 heavy (non-hydrogen) atoms. The molecule has 1 aromatic rings. The highest BCUT2D eigenvalue weighted by Crippen LogP contribution is 2.25. The third-order valence-corrected chi connectivity index (χ3v) is 2.70. The third-order valence-electron chi connectivity index (χ3n) is 2.70. The fourth-order valence-corrected chi connectivity index (χ4v) is 1.72. The molecule has 1 aromatic heterocycles. The molecule has 1 fully saturated rings. The average molecular weight is 240 g/mol. The van der Waals surface area contributed by atoms with Crippen molar-refractivity contribution in [2.75, 3.05) is 6.61 Å². The molecule has 2 heterocycles. The van der Waals surface area contributed by atoms with Crippen LogP contribution in [0.5, 0.6) is 0 Å². The number of amides is 1. The first-order valence-electron chi connectivity index (χ1n) is 5.60. The zero-order valence-corrected chi connectivity index (χ0v) is 9.63. The van der Waals surface area contributed by atoms with Crippen molar-refractivity contribution in [1.29, 1.82) is 0 Å². The fourth-order valence-electron chi connectivity index (χ4n) is 1.72. The van der Waals surface area contributed by atoms with E-state index >= 15 is 0 Å². The maximum absolute atomic E-state index is 11.4. The molecule has 7 nitrogen and oxygen atoms in total. The molecule has 7 heteroatoms. The van der Waals surface area contributed by atoms with Crippen molar-refractivity contribution in [1.82, 2.24) is 15.5 Å². The first kappa shape index (κ1) is 12.0. The monoisotopic (exact) mass is 240 g/mol. The summed E-state index contributed by atoms with van der Waals surface area (Å²) in [5.74, 6) is 0.401.